The van der Waals surface area contributed by atoms with Crippen molar-refractivity contribution < 1.29 is 9.53 Å². The van der Waals surface area contributed by atoms with Crippen LogP contribution in [0.2, 0.25) is 5.02 Å². The lowest BCUT2D eigenvalue weighted by Gasteiger charge is -2.10. The van der Waals surface area contributed by atoms with Gasteiger partial charge >= 0.3 is 0 Å². The maximum Gasteiger partial charge on any atom is 0.262 e. The Morgan fingerprint density at radius 2 is 1.90 bits per heavy atom. The maximum absolute atomic E-state index is 11.9. The van der Waals surface area contributed by atoms with E-state index in [1.807, 2.05) is 37.3 Å². The molecule has 1 N–H and O–H groups in total. The topological polar surface area (TPSA) is 38.3 Å². The number of carbonyl (C=O) groups excluding carboxylic acids is 1. The highest BCUT2D eigenvalue weighted by Gasteiger charge is 2.06. The highest BCUT2D eigenvalue weighted by Crippen LogP contribution is 2.19. The van der Waals surface area contributed by atoms with Crippen molar-refractivity contribution in [3.05, 3.63) is 58.6 Å². The van der Waals surface area contributed by atoms with Gasteiger partial charge in [-0.05, 0) is 54.8 Å². The number of anilines is 1. The summed E-state index contributed by atoms with van der Waals surface area (Å²) < 4.78 is 5.46. The maximum atomic E-state index is 11.9. The molecule has 0 fully saturated rings. The Morgan fingerprint density at radius 1 is 1.19 bits per heavy atom. The van der Waals surface area contributed by atoms with E-state index in [1.165, 1.54) is 5.56 Å². The molecule has 4 heteroatoms. The van der Waals surface area contributed by atoms with Crippen molar-refractivity contribution in [3.63, 3.8) is 0 Å². The smallest absolute Gasteiger partial charge is 0.262 e. The molecule has 0 radical (unpaired) electrons. The van der Waals surface area contributed by atoms with Crippen molar-refractivity contribution in [1.29, 1.82) is 0 Å². The molecule has 0 atom stereocenters. The summed E-state index contributed by atoms with van der Waals surface area (Å²) >= 11 is 5.88. The minimum atomic E-state index is -0.194. The number of hydrogen-bond acceptors (Lipinski definition) is 2. The zero-order valence-corrected chi connectivity index (χ0v) is 12.9. The molecule has 0 saturated carbocycles. The van der Waals surface area contributed by atoms with Crippen molar-refractivity contribution in [2.75, 3.05) is 11.9 Å². The van der Waals surface area contributed by atoms with Gasteiger partial charge in [0.2, 0.25) is 0 Å². The molecule has 1 amide bonds. The predicted molar refractivity (Wildman–Crippen MR) is 86.1 cm³/mol. The first-order chi connectivity index (χ1) is 10.1. The lowest BCUT2D eigenvalue weighted by Crippen LogP contribution is -2.20. The fraction of sp³-hybridized carbons (Fsp3) is 0.235. The summed E-state index contributed by atoms with van der Waals surface area (Å²) in [4.78, 5) is 11.9. The van der Waals surface area contributed by atoms with E-state index in [0.717, 1.165) is 17.7 Å². The van der Waals surface area contributed by atoms with Gasteiger partial charge in [0.1, 0.15) is 5.75 Å². The standard InChI is InChI=1S/C17H18ClNO2/c1-3-13-4-7-15(8-5-13)21-11-17(20)19-16-9-6-14(18)10-12(16)2/h4-10H,3,11H2,1-2H3,(H,19,20). The number of nitrogens with one attached hydrogen (secondary N) is 1. The Balaban J connectivity index is 1.89. The van der Waals surface area contributed by atoms with Crippen LogP contribution in [0.4, 0.5) is 5.69 Å². The monoisotopic (exact) mass is 303 g/mol. The van der Waals surface area contributed by atoms with Crippen molar-refractivity contribution in [3.8, 4) is 5.75 Å². The molecule has 0 saturated heterocycles. The zero-order valence-electron chi connectivity index (χ0n) is 12.2. The molecular formula is C17H18ClNO2. The number of carbonyl (C=O) groups is 1. The van der Waals surface area contributed by atoms with E-state index in [4.69, 9.17) is 16.3 Å². The van der Waals surface area contributed by atoms with E-state index in [2.05, 4.69) is 12.2 Å². The fourth-order valence-corrected chi connectivity index (χ4v) is 2.15. The lowest BCUT2D eigenvalue weighted by molar-refractivity contribution is -0.118. The first-order valence-corrected chi connectivity index (χ1v) is 7.24. The molecule has 0 aliphatic carbocycles. The van der Waals surface area contributed by atoms with E-state index < -0.39 is 0 Å². The molecule has 21 heavy (non-hydrogen) atoms. The summed E-state index contributed by atoms with van der Waals surface area (Å²) in [5.74, 6) is 0.496. The van der Waals surface area contributed by atoms with Crippen LogP contribution in [0.15, 0.2) is 42.5 Å². The SMILES string of the molecule is CCc1ccc(OCC(=O)Nc2ccc(Cl)cc2C)cc1. The lowest BCUT2D eigenvalue weighted by atomic mass is 10.2. The van der Waals surface area contributed by atoms with Crippen LogP contribution < -0.4 is 10.1 Å². The predicted octanol–water partition coefficient (Wildman–Crippen LogP) is 4.23. The largest absolute Gasteiger partial charge is 0.484 e. The molecule has 0 aliphatic heterocycles. The van der Waals surface area contributed by atoms with E-state index in [0.29, 0.717) is 10.8 Å². The minimum Gasteiger partial charge on any atom is -0.484 e. The van der Waals surface area contributed by atoms with Gasteiger partial charge in [0.15, 0.2) is 6.61 Å². The van der Waals surface area contributed by atoms with Crippen LogP contribution in [0.5, 0.6) is 5.75 Å². The molecule has 2 aromatic rings. The Bertz CT molecular complexity index is 623. The minimum absolute atomic E-state index is 0.0203. The van der Waals surface area contributed by atoms with Crippen LogP contribution in [-0.4, -0.2) is 12.5 Å². The number of rotatable bonds is 5. The van der Waals surface area contributed by atoms with Gasteiger partial charge in [0.05, 0.1) is 0 Å². The Hall–Kier alpha value is -2.00. The number of benzene rings is 2. The summed E-state index contributed by atoms with van der Waals surface area (Å²) in [5, 5.41) is 3.46. The summed E-state index contributed by atoms with van der Waals surface area (Å²) in [6, 6.07) is 13.1. The van der Waals surface area contributed by atoms with Crippen molar-refractivity contribution in [1.82, 2.24) is 0 Å². The highest BCUT2D eigenvalue weighted by atomic mass is 35.5. The number of hydrogen-bond donors (Lipinski definition) is 1. The van der Waals surface area contributed by atoms with Crippen molar-refractivity contribution in [2.45, 2.75) is 20.3 Å². The Labute approximate surface area is 129 Å². The highest BCUT2D eigenvalue weighted by molar-refractivity contribution is 6.30. The van der Waals surface area contributed by atoms with Crippen LogP contribution in [0.1, 0.15) is 18.1 Å². The molecule has 0 spiro atoms. The van der Waals surface area contributed by atoms with Crippen LogP contribution >= 0.6 is 11.6 Å². The van der Waals surface area contributed by atoms with E-state index >= 15 is 0 Å². The number of amides is 1. The van der Waals surface area contributed by atoms with E-state index in [1.54, 1.807) is 12.1 Å². The molecule has 0 aromatic heterocycles. The summed E-state index contributed by atoms with van der Waals surface area (Å²) in [7, 11) is 0. The molecule has 0 aliphatic rings. The Morgan fingerprint density at radius 3 is 2.52 bits per heavy atom. The normalized spacial score (nSPS) is 10.2. The third-order valence-corrected chi connectivity index (χ3v) is 3.40. The Kier molecular flexibility index (Phi) is 5.23. The van der Waals surface area contributed by atoms with Crippen LogP contribution in [0.25, 0.3) is 0 Å². The first-order valence-electron chi connectivity index (χ1n) is 6.86. The van der Waals surface area contributed by atoms with Gasteiger partial charge in [0, 0.05) is 10.7 Å². The third kappa shape index (κ3) is 4.50. The molecule has 110 valence electrons. The van der Waals surface area contributed by atoms with Crippen molar-refractivity contribution in [2.24, 2.45) is 0 Å². The zero-order chi connectivity index (χ0) is 15.2. The van der Waals surface area contributed by atoms with Crippen LogP contribution in [0.3, 0.4) is 0 Å². The van der Waals surface area contributed by atoms with Gasteiger partial charge in [-0.3, -0.25) is 4.79 Å². The summed E-state index contributed by atoms with van der Waals surface area (Å²) in [6.45, 7) is 3.97. The molecule has 0 bridgehead atoms. The number of aryl methyl sites for hydroxylation is 2. The second kappa shape index (κ2) is 7.14. The molecule has 2 aromatic carbocycles. The van der Waals surface area contributed by atoms with E-state index in [-0.39, 0.29) is 12.5 Å². The van der Waals surface area contributed by atoms with Gasteiger partial charge in [-0.2, -0.15) is 0 Å². The third-order valence-electron chi connectivity index (χ3n) is 3.16. The second-order valence-corrected chi connectivity index (χ2v) is 5.23. The summed E-state index contributed by atoms with van der Waals surface area (Å²) in [5.41, 5.74) is 2.90. The van der Waals surface area contributed by atoms with Gasteiger partial charge < -0.3 is 10.1 Å². The van der Waals surface area contributed by atoms with Gasteiger partial charge in [-0.1, -0.05) is 30.7 Å². The molecule has 0 unspecified atom stereocenters. The second-order valence-electron chi connectivity index (χ2n) is 4.79. The molecular weight excluding hydrogens is 286 g/mol. The van der Waals surface area contributed by atoms with Crippen molar-refractivity contribution >= 4 is 23.2 Å². The fourth-order valence-electron chi connectivity index (χ4n) is 1.92. The summed E-state index contributed by atoms with van der Waals surface area (Å²) in [6.07, 6.45) is 0.983. The molecule has 0 heterocycles. The number of halogens is 1. The first kappa shape index (κ1) is 15.4. The average molecular weight is 304 g/mol. The quantitative estimate of drug-likeness (QED) is 0.897. The van der Waals surface area contributed by atoms with Gasteiger partial charge in [-0.15, -0.1) is 0 Å². The number of ether oxygens (including phenoxy) is 1. The van der Waals surface area contributed by atoms with Gasteiger partial charge in [0.25, 0.3) is 5.91 Å². The molecule has 3 nitrogen and oxygen atoms in total. The molecule has 2 rings (SSSR count). The van der Waals surface area contributed by atoms with E-state index in [9.17, 15) is 4.79 Å². The van der Waals surface area contributed by atoms with Gasteiger partial charge in [-0.25, -0.2) is 0 Å². The van der Waals surface area contributed by atoms with Crippen LogP contribution in [0, 0.1) is 6.92 Å². The average Bonchev–Trinajstić information content (AvgIpc) is 2.48. The van der Waals surface area contributed by atoms with Crippen LogP contribution in [-0.2, 0) is 11.2 Å².